The minimum atomic E-state index is -0.143. The summed E-state index contributed by atoms with van der Waals surface area (Å²) in [6, 6.07) is 8.85. The van der Waals surface area contributed by atoms with Crippen LogP contribution in [0.15, 0.2) is 45.5 Å². The molecule has 1 aromatic heterocycles. The second-order valence-corrected chi connectivity index (χ2v) is 5.31. The van der Waals surface area contributed by atoms with Crippen molar-refractivity contribution in [3.05, 3.63) is 52.4 Å². The van der Waals surface area contributed by atoms with Gasteiger partial charge in [0, 0.05) is 11.5 Å². The van der Waals surface area contributed by atoms with Crippen LogP contribution in [0.25, 0.3) is 0 Å². The number of hydrogen-bond acceptors (Lipinski definition) is 3. The van der Waals surface area contributed by atoms with E-state index in [1.54, 1.807) is 43.5 Å². The molecule has 2 rings (SSSR count). The lowest BCUT2D eigenvalue weighted by molar-refractivity contribution is 0.0725. The molecule has 0 fully saturated rings. The average molecular weight is 338 g/mol. The Morgan fingerprint density at radius 1 is 1.40 bits per heavy atom. The number of ether oxygens (including phenoxy) is 1. The maximum atomic E-state index is 12.6. The summed E-state index contributed by atoms with van der Waals surface area (Å²) in [7, 11) is 3.33. The van der Waals surface area contributed by atoms with E-state index < -0.39 is 0 Å². The van der Waals surface area contributed by atoms with Crippen molar-refractivity contribution in [1.82, 2.24) is 4.90 Å². The van der Waals surface area contributed by atoms with Crippen molar-refractivity contribution >= 4 is 21.8 Å². The Kier molecular flexibility index (Phi) is 4.49. The zero-order chi connectivity index (χ0) is 14.7. The van der Waals surface area contributed by atoms with E-state index in [1.807, 2.05) is 19.1 Å². The van der Waals surface area contributed by atoms with Crippen LogP contribution in [0.1, 0.15) is 29.1 Å². The first kappa shape index (κ1) is 14.7. The molecule has 5 heteroatoms. The molecule has 0 saturated carbocycles. The molecule has 1 unspecified atom stereocenters. The number of carbonyl (C=O) groups excluding carboxylic acids is 1. The highest BCUT2D eigenvalue weighted by Crippen LogP contribution is 2.27. The second kappa shape index (κ2) is 6.13. The van der Waals surface area contributed by atoms with Gasteiger partial charge in [0.15, 0.2) is 0 Å². The zero-order valence-corrected chi connectivity index (χ0v) is 13.2. The minimum Gasteiger partial charge on any atom is -0.497 e. The van der Waals surface area contributed by atoms with Crippen molar-refractivity contribution in [1.29, 1.82) is 0 Å². The number of nitrogens with zero attached hydrogens (tertiary/aromatic N) is 1. The third-order valence-corrected chi connectivity index (χ3v) is 3.95. The fourth-order valence-corrected chi connectivity index (χ4v) is 2.30. The first-order valence-electron chi connectivity index (χ1n) is 6.18. The van der Waals surface area contributed by atoms with E-state index >= 15 is 0 Å². The summed E-state index contributed by atoms with van der Waals surface area (Å²) >= 11 is 3.40. The van der Waals surface area contributed by atoms with Crippen LogP contribution in [0.3, 0.4) is 0 Å². The van der Waals surface area contributed by atoms with E-state index in [-0.39, 0.29) is 11.9 Å². The molecule has 1 heterocycles. The number of benzene rings is 1. The van der Waals surface area contributed by atoms with E-state index in [9.17, 15) is 4.79 Å². The standard InChI is InChI=1S/C15H16BrNO3/c1-10(14-5-4-8-20-14)17(2)15(18)12-9-11(19-3)6-7-13(12)16/h4-10H,1-3H3. The monoisotopic (exact) mass is 337 g/mol. The molecule has 20 heavy (non-hydrogen) atoms. The molecule has 0 aliphatic rings. The average Bonchev–Trinajstić information content (AvgIpc) is 2.99. The quantitative estimate of drug-likeness (QED) is 0.850. The van der Waals surface area contributed by atoms with Gasteiger partial charge >= 0.3 is 0 Å². The number of rotatable bonds is 4. The fourth-order valence-electron chi connectivity index (χ4n) is 1.88. The Morgan fingerprint density at radius 3 is 2.75 bits per heavy atom. The molecule has 0 radical (unpaired) electrons. The molecule has 0 bridgehead atoms. The summed E-state index contributed by atoms with van der Waals surface area (Å²) in [5.74, 6) is 1.30. The number of furan rings is 1. The summed E-state index contributed by atoms with van der Waals surface area (Å²) in [5.41, 5.74) is 0.560. The second-order valence-electron chi connectivity index (χ2n) is 4.45. The SMILES string of the molecule is COc1ccc(Br)c(C(=O)N(C)C(C)c2ccco2)c1. The van der Waals surface area contributed by atoms with Crippen LogP contribution in [0.5, 0.6) is 5.75 Å². The molecule has 106 valence electrons. The summed E-state index contributed by atoms with van der Waals surface area (Å²) in [6.45, 7) is 1.92. The lowest BCUT2D eigenvalue weighted by Crippen LogP contribution is -2.29. The maximum absolute atomic E-state index is 12.6. The Balaban J connectivity index is 2.26. The van der Waals surface area contributed by atoms with Crippen molar-refractivity contribution in [2.24, 2.45) is 0 Å². The van der Waals surface area contributed by atoms with Crippen molar-refractivity contribution in [3.8, 4) is 5.75 Å². The van der Waals surface area contributed by atoms with Gasteiger partial charge in [-0.2, -0.15) is 0 Å². The van der Waals surface area contributed by atoms with Crippen LogP contribution in [0.2, 0.25) is 0 Å². The van der Waals surface area contributed by atoms with Crippen molar-refractivity contribution in [3.63, 3.8) is 0 Å². The summed E-state index contributed by atoms with van der Waals surface area (Å²) in [4.78, 5) is 14.2. The Hall–Kier alpha value is -1.75. The highest BCUT2D eigenvalue weighted by molar-refractivity contribution is 9.10. The van der Waals surface area contributed by atoms with E-state index in [0.29, 0.717) is 11.3 Å². The number of halogens is 1. The van der Waals surface area contributed by atoms with Gasteiger partial charge in [-0.05, 0) is 53.2 Å². The predicted molar refractivity (Wildman–Crippen MR) is 79.9 cm³/mol. The van der Waals surface area contributed by atoms with Crippen LogP contribution >= 0.6 is 15.9 Å². The largest absolute Gasteiger partial charge is 0.497 e. The molecule has 0 N–H and O–H groups in total. The van der Waals surface area contributed by atoms with Gasteiger partial charge in [-0.25, -0.2) is 0 Å². The number of hydrogen-bond donors (Lipinski definition) is 0. The molecule has 0 aliphatic heterocycles. The van der Waals surface area contributed by atoms with Gasteiger partial charge in [-0.3, -0.25) is 4.79 Å². The van der Waals surface area contributed by atoms with Crippen LogP contribution < -0.4 is 4.74 Å². The smallest absolute Gasteiger partial charge is 0.255 e. The van der Waals surface area contributed by atoms with E-state index in [1.165, 1.54) is 0 Å². The third-order valence-electron chi connectivity index (χ3n) is 3.26. The lowest BCUT2D eigenvalue weighted by Gasteiger charge is -2.24. The fraction of sp³-hybridized carbons (Fsp3) is 0.267. The number of carbonyl (C=O) groups is 1. The molecule has 1 aromatic carbocycles. The first-order chi connectivity index (χ1) is 9.54. The van der Waals surface area contributed by atoms with Gasteiger partial charge in [0.2, 0.25) is 0 Å². The Labute approximate surface area is 126 Å². The van der Waals surface area contributed by atoms with E-state index in [2.05, 4.69) is 15.9 Å². The molecule has 4 nitrogen and oxygen atoms in total. The van der Waals surface area contributed by atoms with Crippen LogP contribution in [0.4, 0.5) is 0 Å². The molecular weight excluding hydrogens is 322 g/mol. The number of methoxy groups -OCH3 is 1. The third kappa shape index (κ3) is 2.88. The van der Waals surface area contributed by atoms with Crippen LogP contribution in [0, 0.1) is 0 Å². The molecule has 0 spiro atoms. The lowest BCUT2D eigenvalue weighted by atomic mass is 10.1. The summed E-state index contributed by atoms with van der Waals surface area (Å²) in [5, 5.41) is 0. The topological polar surface area (TPSA) is 42.7 Å². The first-order valence-corrected chi connectivity index (χ1v) is 6.98. The Bertz CT molecular complexity index is 595. The zero-order valence-electron chi connectivity index (χ0n) is 11.6. The van der Waals surface area contributed by atoms with Crippen molar-refractivity contribution < 1.29 is 13.9 Å². The molecule has 1 amide bonds. The molecule has 0 saturated heterocycles. The van der Waals surface area contributed by atoms with E-state index in [4.69, 9.17) is 9.15 Å². The molecular formula is C15H16BrNO3. The van der Waals surface area contributed by atoms with Crippen LogP contribution in [-0.4, -0.2) is 25.0 Å². The maximum Gasteiger partial charge on any atom is 0.255 e. The van der Waals surface area contributed by atoms with Gasteiger partial charge in [-0.15, -0.1) is 0 Å². The number of amides is 1. The highest BCUT2D eigenvalue weighted by atomic mass is 79.9. The van der Waals surface area contributed by atoms with Crippen LogP contribution in [-0.2, 0) is 0 Å². The highest BCUT2D eigenvalue weighted by Gasteiger charge is 2.22. The van der Waals surface area contributed by atoms with Gasteiger partial charge in [-0.1, -0.05) is 0 Å². The van der Waals surface area contributed by atoms with Gasteiger partial charge in [0.1, 0.15) is 11.5 Å². The minimum absolute atomic E-state index is 0.0975. The Morgan fingerprint density at radius 2 is 2.15 bits per heavy atom. The van der Waals surface area contributed by atoms with E-state index in [0.717, 1.165) is 10.2 Å². The van der Waals surface area contributed by atoms with Crippen molar-refractivity contribution in [2.45, 2.75) is 13.0 Å². The van der Waals surface area contributed by atoms with Gasteiger partial charge in [0.25, 0.3) is 5.91 Å². The molecule has 2 aromatic rings. The molecule has 0 aliphatic carbocycles. The normalized spacial score (nSPS) is 12.0. The molecule has 1 atom stereocenters. The summed E-state index contributed by atoms with van der Waals surface area (Å²) < 4.78 is 11.2. The predicted octanol–water partition coefficient (Wildman–Crippen LogP) is 3.88. The van der Waals surface area contributed by atoms with Crippen molar-refractivity contribution in [2.75, 3.05) is 14.2 Å². The van der Waals surface area contributed by atoms with Gasteiger partial charge < -0.3 is 14.1 Å². The van der Waals surface area contributed by atoms with Gasteiger partial charge in [0.05, 0.1) is 25.0 Å². The summed E-state index contributed by atoms with van der Waals surface area (Å²) in [6.07, 6.45) is 1.60.